The number of carbonyl (C=O) groups is 4. The molecule has 15 heteroatoms. The highest BCUT2D eigenvalue weighted by Gasteiger charge is 2.50. The van der Waals surface area contributed by atoms with Crippen molar-refractivity contribution < 1.29 is 32.3 Å². The third-order valence-electron chi connectivity index (χ3n) is 6.10. The van der Waals surface area contributed by atoms with Gasteiger partial charge in [-0.15, -0.1) is 0 Å². The van der Waals surface area contributed by atoms with Crippen LogP contribution < -0.4 is 5.32 Å². The van der Waals surface area contributed by atoms with Crippen molar-refractivity contribution in [2.24, 2.45) is 4.99 Å². The number of rotatable bonds is 7. The molecule has 0 aromatic carbocycles. The summed E-state index contributed by atoms with van der Waals surface area (Å²) in [5.74, 6) is -1.61. The molecule has 0 bridgehead atoms. The van der Waals surface area contributed by atoms with Gasteiger partial charge >= 0.3 is 12.2 Å². The Bertz CT molecular complexity index is 1330. The lowest BCUT2D eigenvalue weighted by Gasteiger charge is -2.40. The Balaban J connectivity index is 1.48. The molecule has 0 radical (unpaired) electrons. The molecule has 0 saturated carbocycles. The van der Waals surface area contributed by atoms with Crippen LogP contribution in [0.25, 0.3) is 11.3 Å². The molecule has 0 aliphatic carbocycles. The number of aromatic nitrogens is 3. The summed E-state index contributed by atoms with van der Waals surface area (Å²) in [5, 5.41) is 2.50. The average molecular weight is 532 g/mol. The number of carbonyl (C=O) groups excluding carboxylic acids is 4. The van der Waals surface area contributed by atoms with Crippen LogP contribution in [-0.2, 0) is 20.6 Å². The van der Waals surface area contributed by atoms with Crippen LogP contribution in [0.1, 0.15) is 24.6 Å². The first-order valence-electron chi connectivity index (χ1n) is 11.5. The first kappa shape index (κ1) is 26.6. The average Bonchev–Trinajstić information content (AvgIpc) is 3.28. The third kappa shape index (κ3) is 5.17. The number of halogens is 3. The Labute approximate surface area is 214 Å². The molecular weight excluding hydrogens is 509 g/mol. The third-order valence-corrected chi connectivity index (χ3v) is 6.10. The molecular formula is C23H23F3N8O4. The van der Waals surface area contributed by atoms with Crippen LogP contribution in [0.5, 0.6) is 0 Å². The number of hydrogen-bond acceptors (Lipinski definition) is 9. The lowest BCUT2D eigenvalue weighted by atomic mass is 10.1. The zero-order valence-corrected chi connectivity index (χ0v) is 20.6. The van der Waals surface area contributed by atoms with Crippen LogP contribution in [0.4, 0.5) is 23.8 Å². The van der Waals surface area contributed by atoms with Crippen LogP contribution in [0.15, 0.2) is 29.6 Å². The number of pyridine rings is 1. The summed E-state index contributed by atoms with van der Waals surface area (Å²) < 4.78 is 39.8. The van der Waals surface area contributed by atoms with E-state index in [1.807, 2.05) is 0 Å². The molecule has 2 unspecified atom stereocenters. The predicted molar refractivity (Wildman–Crippen MR) is 127 cm³/mol. The second-order valence-corrected chi connectivity index (χ2v) is 8.70. The van der Waals surface area contributed by atoms with Gasteiger partial charge in [-0.2, -0.15) is 13.2 Å². The van der Waals surface area contributed by atoms with Crippen molar-refractivity contribution in [2.75, 3.05) is 25.5 Å². The summed E-state index contributed by atoms with van der Waals surface area (Å²) >= 11 is 0. The minimum absolute atomic E-state index is 0.0354. The van der Waals surface area contributed by atoms with Gasteiger partial charge in [0, 0.05) is 30.9 Å². The molecule has 12 nitrogen and oxygen atoms in total. The number of fused-ring (bicyclic) bond motifs is 1. The Hall–Kier alpha value is -4.43. The maximum absolute atomic E-state index is 13.3. The molecule has 4 heterocycles. The van der Waals surface area contributed by atoms with Crippen molar-refractivity contribution in [3.63, 3.8) is 0 Å². The number of anilines is 1. The SMILES string of the molecule is CCC(=O)CN1C(=O)C2C(N=CN2CC(=O)Nc2cncc(-c3cnc(C)c(C(F)(F)F)c3)n2)N(C)C1=O. The fourth-order valence-corrected chi connectivity index (χ4v) is 4.06. The number of urea groups is 1. The Morgan fingerprint density at radius 2 is 1.87 bits per heavy atom. The van der Waals surface area contributed by atoms with Gasteiger partial charge in [-0.1, -0.05) is 6.92 Å². The first-order chi connectivity index (χ1) is 17.9. The molecule has 38 heavy (non-hydrogen) atoms. The monoisotopic (exact) mass is 532 g/mol. The molecule has 200 valence electrons. The number of nitrogens with one attached hydrogen (secondary N) is 1. The number of alkyl halides is 3. The zero-order chi connectivity index (χ0) is 27.8. The van der Waals surface area contributed by atoms with Gasteiger partial charge in [-0.25, -0.2) is 14.8 Å². The number of likely N-dealkylation sites (N-methyl/N-ethyl adjacent to an activating group) is 1. The van der Waals surface area contributed by atoms with Gasteiger partial charge in [0.15, 0.2) is 23.8 Å². The quantitative estimate of drug-likeness (QED) is 0.568. The standard InChI is InChI=1S/C23H23F3N8O4/c1-4-14(35)9-34-21(37)19-20(32(3)22(34)38)29-11-33(19)10-18(36)31-17-8-27-7-16(30-17)13-5-15(23(24,25)26)12(2)28-6-13/h5-8,11,19-20H,4,9-10H2,1-3H3,(H,30,31,36). The van der Waals surface area contributed by atoms with Crippen molar-refractivity contribution >= 4 is 35.8 Å². The zero-order valence-electron chi connectivity index (χ0n) is 20.6. The number of aliphatic imine (C=N–C) groups is 1. The first-order valence-corrected chi connectivity index (χ1v) is 11.5. The highest BCUT2D eigenvalue weighted by molar-refractivity contribution is 6.05. The van der Waals surface area contributed by atoms with Crippen LogP contribution in [0.2, 0.25) is 0 Å². The van der Waals surface area contributed by atoms with Crippen LogP contribution >= 0.6 is 0 Å². The van der Waals surface area contributed by atoms with Crippen molar-refractivity contribution in [1.82, 2.24) is 29.7 Å². The molecule has 2 aliphatic heterocycles. The van der Waals surface area contributed by atoms with Gasteiger partial charge in [-0.05, 0) is 13.0 Å². The Morgan fingerprint density at radius 1 is 1.13 bits per heavy atom. The largest absolute Gasteiger partial charge is 0.418 e. The van der Waals surface area contributed by atoms with E-state index in [4.69, 9.17) is 0 Å². The highest BCUT2D eigenvalue weighted by Crippen LogP contribution is 2.33. The molecule has 1 fully saturated rings. The summed E-state index contributed by atoms with van der Waals surface area (Å²) in [7, 11) is 1.45. The van der Waals surface area contributed by atoms with E-state index in [2.05, 4.69) is 25.3 Å². The fourth-order valence-electron chi connectivity index (χ4n) is 4.06. The molecule has 2 atom stereocenters. The van der Waals surface area contributed by atoms with E-state index in [9.17, 15) is 32.3 Å². The molecule has 2 aromatic rings. The van der Waals surface area contributed by atoms with Crippen LogP contribution in [0, 0.1) is 6.92 Å². The summed E-state index contributed by atoms with van der Waals surface area (Å²) in [5.41, 5.74) is -0.985. The van der Waals surface area contributed by atoms with E-state index in [0.717, 1.165) is 11.0 Å². The summed E-state index contributed by atoms with van der Waals surface area (Å²) in [4.78, 5) is 69.8. The van der Waals surface area contributed by atoms with E-state index in [1.54, 1.807) is 6.92 Å². The van der Waals surface area contributed by atoms with Crippen molar-refractivity contribution in [2.45, 2.75) is 38.7 Å². The minimum Gasteiger partial charge on any atom is -0.338 e. The van der Waals surface area contributed by atoms with Crippen LogP contribution in [-0.4, -0.2) is 92.0 Å². The van der Waals surface area contributed by atoms with Gasteiger partial charge in [-0.3, -0.25) is 29.3 Å². The van der Waals surface area contributed by atoms with Gasteiger partial charge < -0.3 is 15.1 Å². The predicted octanol–water partition coefficient (Wildman–Crippen LogP) is 1.72. The summed E-state index contributed by atoms with van der Waals surface area (Å²) in [6.07, 6.45) is -0.368. The Morgan fingerprint density at radius 3 is 2.55 bits per heavy atom. The van der Waals surface area contributed by atoms with Crippen molar-refractivity contribution in [3.05, 3.63) is 35.9 Å². The molecule has 1 saturated heterocycles. The topological polar surface area (TPSA) is 141 Å². The fraction of sp³-hybridized carbons (Fsp3) is 0.391. The molecule has 4 amide bonds. The lowest BCUT2D eigenvalue weighted by Crippen LogP contribution is -2.65. The summed E-state index contributed by atoms with van der Waals surface area (Å²) in [6, 6.07) is -0.766. The van der Waals surface area contributed by atoms with Gasteiger partial charge in [0.2, 0.25) is 5.91 Å². The van der Waals surface area contributed by atoms with Gasteiger partial charge in [0.05, 0.1) is 43.1 Å². The second kappa shape index (κ2) is 10.1. The maximum Gasteiger partial charge on any atom is 0.418 e. The number of ketones is 1. The van der Waals surface area contributed by atoms with Gasteiger partial charge in [0.25, 0.3) is 5.91 Å². The maximum atomic E-state index is 13.3. The van der Waals surface area contributed by atoms with Crippen molar-refractivity contribution in [1.29, 1.82) is 0 Å². The summed E-state index contributed by atoms with van der Waals surface area (Å²) in [6.45, 7) is 2.12. The molecule has 2 aromatic heterocycles. The Kier molecular flexibility index (Phi) is 7.11. The second-order valence-electron chi connectivity index (χ2n) is 8.70. The number of Topliss-reactive ketones (excluding diaryl/α,β-unsaturated/α-hetero) is 1. The lowest BCUT2D eigenvalue weighted by molar-refractivity contribution is -0.140. The minimum atomic E-state index is -4.60. The smallest absolute Gasteiger partial charge is 0.338 e. The van der Waals surface area contributed by atoms with E-state index in [-0.39, 0.29) is 48.1 Å². The van der Waals surface area contributed by atoms with Crippen LogP contribution in [0.3, 0.4) is 0 Å². The van der Waals surface area contributed by atoms with E-state index < -0.39 is 41.8 Å². The van der Waals surface area contributed by atoms with E-state index in [0.29, 0.717) is 0 Å². The molecule has 2 aliphatic rings. The van der Waals surface area contributed by atoms with E-state index in [1.165, 1.54) is 48.7 Å². The number of aryl methyl sites for hydroxylation is 1. The van der Waals surface area contributed by atoms with Crippen molar-refractivity contribution in [3.8, 4) is 11.3 Å². The molecule has 1 N–H and O–H groups in total. The van der Waals surface area contributed by atoms with E-state index >= 15 is 0 Å². The normalized spacial score (nSPS) is 19.2. The number of amides is 4. The number of hydrogen-bond donors (Lipinski definition) is 1. The molecule has 0 spiro atoms. The number of imide groups is 1. The van der Waals surface area contributed by atoms with Gasteiger partial charge in [0.1, 0.15) is 0 Å². The highest BCUT2D eigenvalue weighted by atomic mass is 19.4. The molecule has 4 rings (SSSR count). The number of nitrogens with zero attached hydrogens (tertiary/aromatic N) is 7.